The molecule has 0 saturated heterocycles. The highest BCUT2D eigenvalue weighted by Gasteiger charge is 2.17. The molecule has 92 valence electrons. The Morgan fingerprint density at radius 3 is 2.50 bits per heavy atom. The summed E-state index contributed by atoms with van der Waals surface area (Å²) in [5.41, 5.74) is 0.837. The second-order valence-electron chi connectivity index (χ2n) is 5.17. The summed E-state index contributed by atoms with van der Waals surface area (Å²) in [6, 6.07) is 1.66. The average Bonchev–Trinajstić information content (AvgIpc) is 2.46. The number of nitrogens with one attached hydrogen (secondary N) is 2. The van der Waals surface area contributed by atoms with Gasteiger partial charge in [-0.15, -0.1) is 0 Å². The molecule has 1 aromatic rings. The number of nitrogens with zero attached hydrogens (tertiary/aromatic N) is 1. The second-order valence-corrected chi connectivity index (χ2v) is 7.01. The van der Waals surface area contributed by atoms with Gasteiger partial charge in [0.25, 0.3) is 0 Å². The molecule has 0 aromatic carbocycles. The fourth-order valence-electron chi connectivity index (χ4n) is 1.12. The van der Waals surface area contributed by atoms with Gasteiger partial charge in [0, 0.05) is 11.8 Å². The molecule has 2 N–H and O–H groups in total. The Kier molecular flexibility index (Phi) is 3.62. The largest absolute Gasteiger partial charge is 0.281 e. The minimum Gasteiger partial charge on any atom is -0.281 e. The molecule has 1 rings (SSSR count). The van der Waals surface area contributed by atoms with Crippen molar-refractivity contribution in [2.75, 3.05) is 10.5 Å². The van der Waals surface area contributed by atoms with Gasteiger partial charge >= 0.3 is 0 Å². The van der Waals surface area contributed by atoms with Crippen LogP contribution in [0.4, 0.5) is 5.82 Å². The molecule has 0 atom stereocenters. The number of rotatable bonds is 4. The van der Waals surface area contributed by atoms with Crippen molar-refractivity contribution in [2.45, 2.75) is 34.1 Å². The van der Waals surface area contributed by atoms with E-state index in [1.165, 1.54) is 0 Å². The van der Waals surface area contributed by atoms with E-state index in [9.17, 15) is 8.42 Å². The van der Waals surface area contributed by atoms with Crippen LogP contribution in [0.3, 0.4) is 0 Å². The van der Waals surface area contributed by atoms with E-state index in [0.29, 0.717) is 12.2 Å². The summed E-state index contributed by atoms with van der Waals surface area (Å²) in [6.45, 7) is 7.86. The predicted molar refractivity (Wildman–Crippen MR) is 64.8 cm³/mol. The Morgan fingerprint density at radius 2 is 2.06 bits per heavy atom. The highest BCUT2D eigenvalue weighted by Crippen LogP contribution is 2.19. The summed E-state index contributed by atoms with van der Waals surface area (Å²) in [4.78, 5) is 0. The Balaban J connectivity index is 2.59. The van der Waals surface area contributed by atoms with Crippen LogP contribution in [0.15, 0.2) is 6.07 Å². The van der Waals surface area contributed by atoms with Crippen LogP contribution >= 0.6 is 0 Å². The summed E-state index contributed by atoms with van der Waals surface area (Å²) >= 11 is 0. The number of anilines is 1. The van der Waals surface area contributed by atoms with Crippen molar-refractivity contribution in [3.63, 3.8) is 0 Å². The van der Waals surface area contributed by atoms with Gasteiger partial charge in [-0.1, -0.05) is 20.8 Å². The van der Waals surface area contributed by atoms with Crippen molar-refractivity contribution in [1.82, 2.24) is 10.2 Å². The first kappa shape index (κ1) is 13.0. The van der Waals surface area contributed by atoms with Crippen LogP contribution in [-0.4, -0.2) is 24.4 Å². The number of hydrogen-bond acceptors (Lipinski definition) is 3. The van der Waals surface area contributed by atoms with Crippen molar-refractivity contribution in [3.05, 3.63) is 11.8 Å². The van der Waals surface area contributed by atoms with E-state index in [1.807, 2.05) is 27.7 Å². The number of aromatic nitrogens is 2. The van der Waals surface area contributed by atoms with Gasteiger partial charge in [-0.25, -0.2) is 8.42 Å². The average molecular weight is 245 g/mol. The Morgan fingerprint density at radius 1 is 1.44 bits per heavy atom. The fraction of sp³-hybridized carbons (Fsp3) is 0.700. The first-order valence-corrected chi connectivity index (χ1v) is 6.86. The van der Waals surface area contributed by atoms with Gasteiger partial charge in [0.05, 0.1) is 5.75 Å². The fourth-order valence-corrected chi connectivity index (χ4v) is 2.53. The summed E-state index contributed by atoms with van der Waals surface area (Å²) < 4.78 is 25.8. The van der Waals surface area contributed by atoms with Crippen LogP contribution in [-0.2, 0) is 10.0 Å². The number of aromatic amines is 1. The van der Waals surface area contributed by atoms with Crippen molar-refractivity contribution in [1.29, 1.82) is 0 Å². The van der Waals surface area contributed by atoms with Gasteiger partial charge in [0.2, 0.25) is 10.0 Å². The molecule has 0 bridgehead atoms. The first-order chi connectivity index (χ1) is 7.18. The molecule has 16 heavy (non-hydrogen) atoms. The van der Waals surface area contributed by atoms with Gasteiger partial charge < -0.3 is 0 Å². The molecular formula is C10H19N3O2S. The highest BCUT2D eigenvalue weighted by molar-refractivity contribution is 7.92. The van der Waals surface area contributed by atoms with E-state index in [1.54, 1.807) is 6.07 Å². The smallest absolute Gasteiger partial charge is 0.233 e. The molecule has 0 aliphatic heterocycles. The van der Waals surface area contributed by atoms with E-state index in [4.69, 9.17) is 0 Å². The van der Waals surface area contributed by atoms with Crippen LogP contribution in [0.5, 0.6) is 0 Å². The molecule has 0 saturated carbocycles. The lowest BCUT2D eigenvalue weighted by Crippen LogP contribution is -2.21. The third-order valence-electron chi connectivity index (χ3n) is 2.09. The molecule has 0 unspecified atom stereocenters. The van der Waals surface area contributed by atoms with Crippen LogP contribution in [0.2, 0.25) is 0 Å². The van der Waals surface area contributed by atoms with Crippen molar-refractivity contribution in [2.24, 2.45) is 5.41 Å². The molecule has 1 heterocycles. The summed E-state index contributed by atoms with van der Waals surface area (Å²) in [5, 5.41) is 6.52. The van der Waals surface area contributed by atoms with Crippen LogP contribution in [0, 0.1) is 12.3 Å². The number of H-pyrrole nitrogens is 1. The Labute approximate surface area is 96.7 Å². The number of aryl methyl sites for hydroxylation is 1. The lowest BCUT2D eigenvalue weighted by atomic mass is 9.94. The standard InChI is InChI=1S/C10H19N3O2S/c1-8-7-9(12-11-8)13-16(14,15)6-5-10(2,3)4/h7H,5-6H2,1-4H3,(H2,11,12,13). The normalized spacial score (nSPS) is 12.8. The van der Waals surface area contributed by atoms with Crippen LogP contribution in [0.25, 0.3) is 0 Å². The van der Waals surface area contributed by atoms with Gasteiger partial charge in [-0.3, -0.25) is 9.82 Å². The topological polar surface area (TPSA) is 74.8 Å². The van der Waals surface area contributed by atoms with E-state index in [-0.39, 0.29) is 11.2 Å². The quantitative estimate of drug-likeness (QED) is 0.850. The SMILES string of the molecule is Cc1cc(NS(=O)(=O)CCC(C)(C)C)n[nH]1. The first-order valence-electron chi connectivity index (χ1n) is 5.20. The van der Waals surface area contributed by atoms with Crippen LogP contribution < -0.4 is 4.72 Å². The van der Waals surface area contributed by atoms with E-state index in [2.05, 4.69) is 14.9 Å². The van der Waals surface area contributed by atoms with Crippen LogP contribution in [0.1, 0.15) is 32.9 Å². The van der Waals surface area contributed by atoms with Crippen molar-refractivity contribution >= 4 is 15.8 Å². The van der Waals surface area contributed by atoms with E-state index in [0.717, 1.165) is 5.69 Å². The van der Waals surface area contributed by atoms with Gasteiger partial charge in [-0.05, 0) is 18.8 Å². The number of hydrogen-bond donors (Lipinski definition) is 2. The molecule has 0 radical (unpaired) electrons. The summed E-state index contributed by atoms with van der Waals surface area (Å²) in [6.07, 6.45) is 0.617. The third-order valence-corrected chi connectivity index (χ3v) is 3.35. The summed E-state index contributed by atoms with van der Waals surface area (Å²) in [7, 11) is -3.29. The number of sulfonamides is 1. The monoisotopic (exact) mass is 245 g/mol. The van der Waals surface area contributed by atoms with Gasteiger partial charge in [-0.2, -0.15) is 5.10 Å². The van der Waals surface area contributed by atoms with Gasteiger partial charge in [0.1, 0.15) is 0 Å². The minimum absolute atomic E-state index is 0.0102. The predicted octanol–water partition coefficient (Wildman–Crippen LogP) is 1.90. The molecule has 6 heteroatoms. The molecule has 5 nitrogen and oxygen atoms in total. The van der Waals surface area contributed by atoms with E-state index >= 15 is 0 Å². The maximum absolute atomic E-state index is 11.7. The lowest BCUT2D eigenvalue weighted by molar-refractivity contribution is 0.397. The lowest BCUT2D eigenvalue weighted by Gasteiger charge is -2.17. The minimum atomic E-state index is -3.29. The zero-order valence-electron chi connectivity index (χ0n) is 10.2. The van der Waals surface area contributed by atoms with Gasteiger partial charge in [0.15, 0.2) is 5.82 Å². The molecule has 0 fully saturated rings. The zero-order chi connectivity index (χ0) is 12.4. The Hall–Kier alpha value is -1.04. The highest BCUT2D eigenvalue weighted by atomic mass is 32.2. The van der Waals surface area contributed by atoms with Crippen molar-refractivity contribution in [3.8, 4) is 0 Å². The molecular weight excluding hydrogens is 226 g/mol. The molecule has 0 spiro atoms. The molecule has 1 aromatic heterocycles. The Bertz CT molecular complexity index is 443. The summed E-state index contributed by atoms with van der Waals surface area (Å²) in [5.74, 6) is 0.467. The third kappa shape index (κ3) is 4.65. The maximum atomic E-state index is 11.7. The maximum Gasteiger partial charge on any atom is 0.233 e. The molecule has 0 amide bonds. The second kappa shape index (κ2) is 4.45. The zero-order valence-corrected chi connectivity index (χ0v) is 11.0. The van der Waals surface area contributed by atoms with Crippen molar-refractivity contribution < 1.29 is 8.42 Å². The molecule has 0 aliphatic carbocycles. The molecule has 0 aliphatic rings. The van der Waals surface area contributed by atoms with E-state index < -0.39 is 10.0 Å².